The number of nitro benzene ring substituents is 1. The first-order valence-corrected chi connectivity index (χ1v) is 7.29. The van der Waals surface area contributed by atoms with E-state index in [0.29, 0.717) is 6.42 Å². The van der Waals surface area contributed by atoms with E-state index in [4.69, 9.17) is 0 Å². The topological polar surface area (TPSA) is 66.9 Å². The van der Waals surface area contributed by atoms with Crippen molar-refractivity contribution < 1.29 is 4.92 Å². The molecule has 0 fully saturated rings. The second-order valence-corrected chi connectivity index (χ2v) is 5.42. The molecule has 112 valence electrons. The van der Waals surface area contributed by atoms with Crippen molar-refractivity contribution in [3.63, 3.8) is 0 Å². The number of non-ortho nitro benzene ring substituents is 1. The fraction of sp³-hybridized carbons (Fsp3) is 0.105. The van der Waals surface area contributed by atoms with Gasteiger partial charge >= 0.3 is 0 Å². The lowest BCUT2D eigenvalue weighted by atomic mass is 9.92. The third kappa shape index (κ3) is 3.19. The van der Waals surface area contributed by atoms with Crippen LogP contribution in [-0.4, -0.2) is 4.92 Å². The molecule has 0 N–H and O–H groups in total. The van der Waals surface area contributed by atoms with E-state index in [9.17, 15) is 15.4 Å². The molecule has 0 heterocycles. The Morgan fingerprint density at radius 3 is 2.35 bits per heavy atom. The summed E-state index contributed by atoms with van der Waals surface area (Å²) in [5, 5.41) is 22.5. The van der Waals surface area contributed by atoms with Crippen LogP contribution in [0.25, 0.3) is 10.8 Å². The summed E-state index contributed by atoms with van der Waals surface area (Å²) in [4.78, 5) is 10.3. The van der Waals surface area contributed by atoms with Gasteiger partial charge in [-0.25, -0.2) is 0 Å². The summed E-state index contributed by atoms with van der Waals surface area (Å²) in [7, 11) is 0. The second-order valence-electron chi connectivity index (χ2n) is 5.42. The van der Waals surface area contributed by atoms with Crippen molar-refractivity contribution in [1.29, 1.82) is 5.26 Å². The maximum Gasteiger partial charge on any atom is 0.269 e. The molecule has 4 nitrogen and oxygen atoms in total. The minimum absolute atomic E-state index is 0.0381. The highest BCUT2D eigenvalue weighted by Crippen LogP contribution is 2.24. The SMILES string of the molecule is N#CC(Cc1ccc2ccccc2c1)c1ccc([N+](=O)[O-])cc1. The van der Waals surface area contributed by atoms with Crippen LogP contribution in [0.1, 0.15) is 17.0 Å². The normalized spacial score (nSPS) is 11.8. The van der Waals surface area contributed by atoms with Crippen LogP contribution >= 0.6 is 0 Å². The maximum atomic E-state index is 10.7. The summed E-state index contributed by atoms with van der Waals surface area (Å²) in [6.45, 7) is 0. The first kappa shape index (κ1) is 14.7. The first-order chi connectivity index (χ1) is 11.2. The lowest BCUT2D eigenvalue weighted by Gasteiger charge is -2.10. The number of nitriles is 1. The summed E-state index contributed by atoms with van der Waals surface area (Å²) < 4.78 is 0. The summed E-state index contributed by atoms with van der Waals surface area (Å²) in [5.74, 6) is -0.322. The van der Waals surface area contributed by atoms with Crippen LogP contribution in [0.5, 0.6) is 0 Å². The van der Waals surface area contributed by atoms with E-state index in [0.717, 1.165) is 16.5 Å². The molecule has 0 aliphatic heterocycles. The van der Waals surface area contributed by atoms with Crippen molar-refractivity contribution >= 4 is 16.5 Å². The molecule has 0 bridgehead atoms. The van der Waals surface area contributed by atoms with Crippen molar-refractivity contribution in [2.24, 2.45) is 0 Å². The summed E-state index contributed by atoms with van der Waals surface area (Å²) in [6.07, 6.45) is 0.582. The fourth-order valence-corrected chi connectivity index (χ4v) is 2.67. The van der Waals surface area contributed by atoms with Crippen LogP contribution in [-0.2, 0) is 6.42 Å². The van der Waals surface area contributed by atoms with Crippen LogP contribution in [0.3, 0.4) is 0 Å². The van der Waals surface area contributed by atoms with Crippen LogP contribution in [0.4, 0.5) is 5.69 Å². The van der Waals surface area contributed by atoms with Gasteiger partial charge < -0.3 is 0 Å². The zero-order valence-corrected chi connectivity index (χ0v) is 12.3. The Bertz CT molecular complexity index is 895. The smallest absolute Gasteiger partial charge is 0.258 e. The number of fused-ring (bicyclic) bond motifs is 1. The number of hydrogen-bond acceptors (Lipinski definition) is 3. The third-order valence-corrected chi connectivity index (χ3v) is 3.92. The van der Waals surface area contributed by atoms with Gasteiger partial charge in [0, 0.05) is 12.1 Å². The number of benzene rings is 3. The van der Waals surface area contributed by atoms with Crippen molar-refractivity contribution in [3.8, 4) is 6.07 Å². The standard InChI is InChI=1S/C19H14N2O2/c20-13-18(16-7-9-19(10-8-16)21(22)23)12-14-5-6-15-3-1-2-4-17(15)11-14/h1-11,18H,12H2. The van der Waals surface area contributed by atoms with Gasteiger partial charge in [0.15, 0.2) is 0 Å². The molecule has 0 aliphatic rings. The van der Waals surface area contributed by atoms with Gasteiger partial charge in [-0.15, -0.1) is 0 Å². The molecule has 4 heteroatoms. The van der Waals surface area contributed by atoms with E-state index in [-0.39, 0.29) is 11.6 Å². The monoisotopic (exact) mass is 302 g/mol. The van der Waals surface area contributed by atoms with Crippen molar-refractivity contribution in [2.45, 2.75) is 12.3 Å². The van der Waals surface area contributed by atoms with Crippen LogP contribution in [0.15, 0.2) is 66.7 Å². The Balaban J connectivity index is 1.85. The minimum Gasteiger partial charge on any atom is -0.258 e. The minimum atomic E-state index is -0.436. The number of rotatable bonds is 4. The molecular formula is C19H14N2O2. The zero-order chi connectivity index (χ0) is 16.2. The van der Waals surface area contributed by atoms with Crippen molar-refractivity contribution in [2.75, 3.05) is 0 Å². The van der Waals surface area contributed by atoms with Gasteiger partial charge in [-0.2, -0.15) is 5.26 Å². The molecule has 3 rings (SSSR count). The molecule has 23 heavy (non-hydrogen) atoms. The van der Waals surface area contributed by atoms with E-state index in [1.165, 1.54) is 17.5 Å². The Morgan fingerprint density at radius 1 is 1.00 bits per heavy atom. The maximum absolute atomic E-state index is 10.7. The summed E-state index contributed by atoms with van der Waals surface area (Å²) in [6, 6.07) is 22.8. The molecule has 0 aromatic heterocycles. The molecule has 0 spiro atoms. The summed E-state index contributed by atoms with van der Waals surface area (Å²) >= 11 is 0. The van der Waals surface area contributed by atoms with Gasteiger partial charge in [0.05, 0.1) is 16.9 Å². The van der Waals surface area contributed by atoms with Gasteiger partial charge in [0.2, 0.25) is 0 Å². The molecule has 0 saturated heterocycles. The van der Waals surface area contributed by atoms with Gasteiger partial charge in [-0.1, -0.05) is 54.6 Å². The summed E-state index contributed by atoms with van der Waals surface area (Å²) in [5.41, 5.74) is 1.91. The average Bonchev–Trinajstić information content (AvgIpc) is 2.59. The number of hydrogen-bond donors (Lipinski definition) is 0. The second kappa shape index (κ2) is 6.29. The predicted molar refractivity (Wildman–Crippen MR) is 89.1 cm³/mol. The predicted octanol–water partition coefficient (Wildman–Crippen LogP) is 4.60. The average molecular weight is 302 g/mol. The number of nitro groups is 1. The van der Waals surface area contributed by atoms with Crippen LogP contribution < -0.4 is 0 Å². The largest absolute Gasteiger partial charge is 0.269 e. The van der Waals surface area contributed by atoms with Crippen molar-refractivity contribution in [3.05, 3.63) is 88.0 Å². The highest BCUT2D eigenvalue weighted by atomic mass is 16.6. The zero-order valence-electron chi connectivity index (χ0n) is 12.3. The molecule has 3 aromatic carbocycles. The first-order valence-electron chi connectivity index (χ1n) is 7.29. The molecule has 0 radical (unpaired) electrons. The molecular weight excluding hydrogens is 288 g/mol. The highest BCUT2D eigenvalue weighted by molar-refractivity contribution is 5.83. The molecule has 0 saturated carbocycles. The molecule has 3 aromatic rings. The Kier molecular flexibility index (Phi) is 4.03. The molecule has 1 atom stereocenters. The van der Waals surface area contributed by atoms with Gasteiger partial charge in [0.1, 0.15) is 0 Å². The van der Waals surface area contributed by atoms with E-state index in [1.54, 1.807) is 12.1 Å². The van der Waals surface area contributed by atoms with Gasteiger partial charge in [-0.05, 0) is 28.3 Å². The van der Waals surface area contributed by atoms with E-state index < -0.39 is 4.92 Å². The number of nitrogens with zero attached hydrogens (tertiary/aromatic N) is 2. The van der Waals surface area contributed by atoms with E-state index >= 15 is 0 Å². The Labute approximate surface area is 133 Å². The Hall–Kier alpha value is -3.19. The fourth-order valence-electron chi connectivity index (χ4n) is 2.67. The van der Waals surface area contributed by atoms with Crippen molar-refractivity contribution in [1.82, 2.24) is 0 Å². The Morgan fingerprint density at radius 2 is 1.70 bits per heavy atom. The quantitative estimate of drug-likeness (QED) is 0.522. The third-order valence-electron chi connectivity index (χ3n) is 3.92. The van der Waals surface area contributed by atoms with Crippen LogP contribution in [0.2, 0.25) is 0 Å². The van der Waals surface area contributed by atoms with Gasteiger partial charge in [-0.3, -0.25) is 10.1 Å². The highest BCUT2D eigenvalue weighted by Gasteiger charge is 2.14. The molecule has 0 amide bonds. The van der Waals surface area contributed by atoms with Crippen LogP contribution in [0, 0.1) is 21.4 Å². The lowest BCUT2D eigenvalue weighted by Crippen LogP contribution is -2.01. The van der Waals surface area contributed by atoms with E-state index in [1.807, 2.05) is 24.3 Å². The van der Waals surface area contributed by atoms with E-state index in [2.05, 4.69) is 24.3 Å². The molecule has 0 aliphatic carbocycles. The van der Waals surface area contributed by atoms with Gasteiger partial charge in [0.25, 0.3) is 5.69 Å². The lowest BCUT2D eigenvalue weighted by molar-refractivity contribution is -0.384. The molecule has 1 unspecified atom stereocenters.